The molecule has 2 heterocycles. The maximum Gasteiger partial charge on any atom is 0.276 e. The van der Waals surface area contributed by atoms with E-state index in [1.165, 1.54) is 25.1 Å². The van der Waals surface area contributed by atoms with Gasteiger partial charge in [-0.3, -0.25) is 9.59 Å². The number of carbonyl (C=O) groups is 1. The van der Waals surface area contributed by atoms with Crippen LogP contribution in [0.15, 0.2) is 35.3 Å². The molecule has 6 rings (SSSR count). The predicted octanol–water partition coefficient (Wildman–Crippen LogP) is 4.36. The van der Waals surface area contributed by atoms with Crippen molar-refractivity contribution in [2.45, 2.75) is 50.2 Å². The van der Waals surface area contributed by atoms with Crippen LogP contribution in [0.3, 0.4) is 0 Å². The minimum absolute atomic E-state index is 0.0197. The number of hydrogen-bond acceptors (Lipinski definition) is 4. The lowest BCUT2D eigenvalue weighted by Crippen LogP contribution is -2.32. The van der Waals surface area contributed by atoms with Crippen molar-refractivity contribution in [2.75, 3.05) is 25.5 Å². The van der Waals surface area contributed by atoms with E-state index in [0.717, 1.165) is 29.9 Å². The molecule has 198 valence electrons. The van der Waals surface area contributed by atoms with Crippen LogP contribution in [0, 0.1) is 23.1 Å². The Balaban J connectivity index is 1.31. The molecule has 37 heavy (non-hydrogen) atoms. The fraction of sp³-hybridized carbons (Fsp3) is 0.538. The number of aromatic nitrogens is 1. The van der Waals surface area contributed by atoms with Gasteiger partial charge in [0.15, 0.2) is 0 Å². The first-order valence-corrected chi connectivity index (χ1v) is 12.4. The van der Waals surface area contributed by atoms with Gasteiger partial charge in [0.1, 0.15) is 11.9 Å². The molecule has 1 aliphatic heterocycles. The average Bonchev–Trinajstić information content (AvgIpc) is 3.75. The van der Waals surface area contributed by atoms with Gasteiger partial charge in [-0.2, -0.15) is 0 Å². The first kappa shape index (κ1) is 24.4. The number of rotatable bonds is 7. The van der Waals surface area contributed by atoms with E-state index in [1.54, 1.807) is 0 Å². The molecule has 4 fully saturated rings. The third kappa shape index (κ3) is 3.68. The highest BCUT2D eigenvalue weighted by Gasteiger charge is 2.87. The molecule has 3 aliphatic carbocycles. The van der Waals surface area contributed by atoms with E-state index in [1.807, 2.05) is 7.05 Å². The van der Waals surface area contributed by atoms with Crippen molar-refractivity contribution in [3.05, 3.63) is 63.3 Å². The van der Waals surface area contributed by atoms with Crippen LogP contribution < -0.4 is 16.2 Å². The van der Waals surface area contributed by atoms with Crippen LogP contribution >= 0.6 is 0 Å². The second-order valence-corrected chi connectivity index (χ2v) is 11.0. The maximum absolute atomic E-state index is 14.7. The lowest BCUT2D eigenvalue weighted by molar-refractivity contribution is 0.0803. The molecule has 4 aliphatic rings. The number of amides is 1. The lowest BCUT2D eigenvalue weighted by Gasteiger charge is -2.20. The lowest BCUT2D eigenvalue weighted by atomic mass is 10.0. The molecule has 1 saturated heterocycles. The first-order chi connectivity index (χ1) is 17.5. The summed E-state index contributed by atoms with van der Waals surface area (Å²) in [6, 6.07) is 2.49. The largest absolute Gasteiger partial charge is 0.381 e. The van der Waals surface area contributed by atoms with E-state index < -0.39 is 52.7 Å². The number of benzene rings is 1. The molecule has 11 heteroatoms. The monoisotopic (exact) mass is 522 g/mol. The van der Waals surface area contributed by atoms with Crippen LogP contribution in [0.5, 0.6) is 0 Å². The van der Waals surface area contributed by atoms with Crippen molar-refractivity contribution in [1.82, 2.24) is 14.8 Å². The Labute approximate surface area is 209 Å². The van der Waals surface area contributed by atoms with Crippen LogP contribution in [0.1, 0.15) is 59.8 Å². The normalized spacial score (nSPS) is 29.2. The summed E-state index contributed by atoms with van der Waals surface area (Å²) in [4.78, 5) is 28.5. The Morgan fingerprint density at radius 3 is 2.38 bits per heavy atom. The molecule has 5 atom stereocenters. The van der Waals surface area contributed by atoms with E-state index in [-0.39, 0.29) is 22.9 Å². The quantitative estimate of drug-likeness (QED) is 0.531. The number of fused-ring (bicyclic) bond motifs is 1. The zero-order chi connectivity index (χ0) is 26.4. The van der Waals surface area contributed by atoms with Crippen LogP contribution in [0.4, 0.5) is 27.6 Å². The Morgan fingerprint density at radius 1 is 1.14 bits per heavy atom. The van der Waals surface area contributed by atoms with Gasteiger partial charge in [-0.25, -0.2) is 22.0 Å². The number of pyridine rings is 1. The smallest absolute Gasteiger partial charge is 0.276 e. The number of nitrogens with zero attached hydrogens (tertiary/aromatic N) is 2. The summed E-state index contributed by atoms with van der Waals surface area (Å²) in [5, 5.41) is 5.86. The van der Waals surface area contributed by atoms with Crippen molar-refractivity contribution >= 4 is 11.6 Å². The maximum atomic E-state index is 14.7. The predicted molar refractivity (Wildman–Crippen MR) is 125 cm³/mol. The first-order valence-electron chi connectivity index (χ1n) is 12.4. The number of piperidine rings is 1. The number of alkyl halides is 4. The van der Waals surface area contributed by atoms with Crippen molar-refractivity contribution < 1.29 is 26.7 Å². The van der Waals surface area contributed by atoms with Gasteiger partial charge < -0.3 is 20.1 Å². The zero-order valence-electron chi connectivity index (χ0n) is 20.3. The molecule has 0 radical (unpaired) electrons. The highest BCUT2D eigenvalue weighted by molar-refractivity contribution is 5.99. The molecular weight excluding hydrogens is 495 g/mol. The SMILES string of the molecule is C[C@@H](NC(=O)c1cn(C2C(F)(F)C23CC3)c(=O)cc1N[C@@H]1[C@@H]2CN(C)C[C@@H]21)c1cccc(C(F)F)c1F. The van der Waals surface area contributed by atoms with E-state index in [0.29, 0.717) is 24.7 Å². The third-order valence-corrected chi connectivity index (χ3v) is 8.65. The van der Waals surface area contributed by atoms with Gasteiger partial charge in [0.2, 0.25) is 0 Å². The van der Waals surface area contributed by atoms with Crippen LogP contribution in [0.2, 0.25) is 0 Å². The van der Waals surface area contributed by atoms with Gasteiger partial charge in [-0.05, 0) is 38.6 Å². The minimum atomic E-state index is -3.02. The third-order valence-electron chi connectivity index (χ3n) is 8.65. The summed E-state index contributed by atoms with van der Waals surface area (Å²) < 4.78 is 71.0. The molecule has 0 bridgehead atoms. The molecule has 1 spiro atoms. The van der Waals surface area contributed by atoms with Crippen molar-refractivity contribution in [3.63, 3.8) is 0 Å². The van der Waals surface area contributed by atoms with E-state index >= 15 is 0 Å². The number of hydrogen-bond donors (Lipinski definition) is 2. The molecule has 1 unspecified atom stereocenters. The van der Waals surface area contributed by atoms with E-state index in [4.69, 9.17) is 0 Å². The Kier molecular flexibility index (Phi) is 5.29. The molecule has 2 N–H and O–H groups in total. The number of halogens is 5. The van der Waals surface area contributed by atoms with Gasteiger partial charge in [-0.1, -0.05) is 18.2 Å². The molecule has 1 aromatic heterocycles. The molecule has 3 saturated carbocycles. The number of anilines is 1. The fourth-order valence-electron chi connectivity index (χ4n) is 6.28. The van der Waals surface area contributed by atoms with Crippen LogP contribution in [-0.4, -0.2) is 47.5 Å². The summed E-state index contributed by atoms with van der Waals surface area (Å²) in [5.41, 5.74) is -2.54. The summed E-state index contributed by atoms with van der Waals surface area (Å²) in [5.74, 6) is -4.14. The Hall–Kier alpha value is -2.95. The van der Waals surface area contributed by atoms with Crippen molar-refractivity contribution in [1.29, 1.82) is 0 Å². The van der Waals surface area contributed by atoms with Crippen LogP contribution in [-0.2, 0) is 0 Å². The standard InChI is InChI=1S/C26H27F5N4O2/c1-12(13-4-3-5-14(20(13)27)22(28)29)32-23(37)17-11-35(24-25(6-7-25)26(24,30)31)19(36)8-18(17)33-21-15-9-34(2)10-16(15)21/h3-5,8,11-12,15-16,21-22,24,33H,6-7,9-10H2,1-2H3,(H,32,37)/t12-,15-,16+,21-,24?/m1/s1. The highest BCUT2D eigenvalue weighted by Crippen LogP contribution is 2.81. The number of likely N-dealkylation sites (tertiary alicyclic amines) is 1. The minimum Gasteiger partial charge on any atom is -0.381 e. The van der Waals surface area contributed by atoms with Gasteiger partial charge in [-0.15, -0.1) is 0 Å². The Bertz CT molecular complexity index is 1320. The summed E-state index contributed by atoms with van der Waals surface area (Å²) in [6.45, 7) is 3.19. The average molecular weight is 523 g/mol. The summed E-state index contributed by atoms with van der Waals surface area (Å²) in [6.07, 6.45) is -1.23. The van der Waals surface area contributed by atoms with Crippen molar-refractivity contribution in [3.8, 4) is 0 Å². The molecule has 6 nitrogen and oxygen atoms in total. The molecule has 2 aromatic rings. The topological polar surface area (TPSA) is 66.4 Å². The fourth-order valence-corrected chi connectivity index (χ4v) is 6.28. The molecule has 1 amide bonds. The molecule has 1 aromatic carbocycles. The Morgan fingerprint density at radius 2 is 1.78 bits per heavy atom. The van der Waals surface area contributed by atoms with E-state index in [2.05, 4.69) is 15.5 Å². The summed E-state index contributed by atoms with van der Waals surface area (Å²) >= 11 is 0. The van der Waals surface area contributed by atoms with Gasteiger partial charge in [0, 0.05) is 37.0 Å². The zero-order valence-corrected chi connectivity index (χ0v) is 20.3. The van der Waals surface area contributed by atoms with Crippen molar-refractivity contribution in [2.24, 2.45) is 17.3 Å². The second kappa shape index (κ2) is 8.02. The van der Waals surface area contributed by atoms with E-state index in [9.17, 15) is 31.5 Å². The van der Waals surface area contributed by atoms with Gasteiger partial charge in [0.05, 0.1) is 28.3 Å². The van der Waals surface area contributed by atoms with Gasteiger partial charge in [0.25, 0.3) is 23.8 Å². The second-order valence-electron chi connectivity index (χ2n) is 11.0. The summed E-state index contributed by atoms with van der Waals surface area (Å²) in [7, 11) is 2.01. The highest BCUT2D eigenvalue weighted by atomic mass is 19.3. The van der Waals surface area contributed by atoms with Gasteiger partial charge >= 0.3 is 0 Å². The number of nitrogens with one attached hydrogen (secondary N) is 2. The number of carbonyl (C=O) groups excluding carboxylic acids is 1. The molecular formula is C26H27F5N4O2. The van der Waals surface area contributed by atoms with Crippen LogP contribution in [0.25, 0.3) is 0 Å².